The molecule has 1 unspecified atom stereocenters. The summed E-state index contributed by atoms with van der Waals surface area (Å²) < 4.78 is 4.95. The number of nitrogens with zero attached hydrogens (tertiary/aromatic N) is 4. The van der Waals surface area contributed by atoms with Crippen molar-refractivity contribution in [3.05, 3.63) is 0 Å². The van der Waals surface area contributed by atoms with E-state index in [-0.39, 0.29) is 5.97 Å². The highest BCUT2D eigenvalue weighted by atomic mass is 16.5. The smallest absolute Gasteiger partial charge is 0.328 e. The van der Waals surface area contributed by atoms with Gasteiger partial charge in [0.2, 0.25) is 17.8 Å². The SMILES string of the molecule is CCCNc1nc(NC(C)C(=O)OCC)nc(N(C)C)n1. The van der Waals surface area contributed by atoms with Crippen LogP contribution in [0, 0.1) is 0 Å². The Labute approximate surface area is 125 Å². The van der Waals surface area contributed by atoms with Gasteiger partial charge in [0.15, 0.2) is 0 Å². The summed E-state index contributed by atoms with van der Waals surface area (Å²) in [6.45, 7) is 6.64. The number of carbonyl (C=O) groups is 1. The fourth-order valence-electron chi connectivity index (χ4n) is 1.46. The highest BCUT2D eigenvalue weighted by Crippen LogP contribution is 2.12. The number of rotatable bonds is 8. The zero-order valence-electron chi connectivity index (χ0n) is 13.3. The Morgan fingerprint density at radius 2 is 1.90 bits per heavy atom. The Balaban J connectivity index is 2.89. The minimum atomic E-state index is -0.526. The average Bonchev–Trinajstić information content (AvgIpc) is 2.45. The fraction of sp³-hybridized carbons (Fsp3) is 0.692. The van der Waals surface area contributed by atoms with Gasteiger partial charge in [-0.2, -0.15) is 15.0 Å². The van der Waals surface area contributed by atoms with Crippen LogP contribution in [0.3, 0.4) is 0 Å². The monoisotopic (exact) mass is 296 g/mol. The van der Waals surface area contributed by atoms with E-state index >= 15 is 0 Å². The zero-order chi connectivity index (χ0) is 15.8. The van der Waals surface area contributed by atoms with Crippen molar-refractivity contribution in [2.75, 3.05) is 42.8 Å². The van der Waals surface area contributed by atoms with Crippen molar-refractivity contribution in [3.63, 3.8) is 0 Å². The third-order valence-corrected chi connectivity index (χ3v) is 2.54. The van der Waals surface area contributed by atoms with Gasteiger partial charge in [-0.15, -0.1) is 0 Å². The average molecular weight is 296 g/mol. The van der Waals surface area contributed by atoms with Crippen LogP contribution in [0.2, 0.25) is 0 Å². The maximum absolute atomic E-state index is 11.6. The van der Waals surface area contributed by atoms with Crippen LogP contribution in [0.4, 0.5) is 17.8 Å². The normalized spacial score (nSPS) is 11.7. The molecule has 0 radical (unpaired) electrons. The van der Waals surface area contributed by atoms with Gasteiger partial charge in [0, 0.05) is 20.6 Å². The van der Waals surface area contributed by atoms with Crippen molar-refractivity contribution >= 4 is 23.8 Å². The van der Waals surface area contributed by atoms with E-state index in [1.54, 1.807) is 18.7 Å². The van der Waals surface area contributed by atoms with E-state index in [9.17, 15) is 4.79 Å². The fourth-order valence-corrected chi connectivity index (χ4v) is 1.46. The van der Waals surface area contributed by atoms with E-state index in [0.29, 0.717) is 24.5 Å². The van der Waals surface area contributed by atoms with Crippen molar-refractivity contribution in [3.8, 4) is 0 Å². The Morgan fingerprint density at radius 3 is 2.48 bits per heavy atom. The summed E-state index contributed by atoms with van der Waals surface area (Å²) in [5.41, 5.74) is 0. The van der Waals surface area contributed by atoms with E-state index in [1.165, 1.54) is 0 Å². The van der Waals surface area contributed by atoms with Gasteiger partial charge in [-0.1, -0.05) is 6.92 Å². The summed E-state index contributed by atoms with van der Waals surface area (Å²) in [7, 11) is 3.69. The molecule has 1 rings (SSSR count). The lowest BCUT2D eigenvalue weighted by atomic mass is 10.3. The van der Waals surface area contributed by atoms with Gasteiger partial charge < -0.3 is 20.3 Å². The van der Waals surface area contributed by atoms with Gasteiger partial charge in [-0.25, -0.2) is 4.79 Å². The Kier molecular flexibility index (Phi) is 6.64. The van der Waals surface area contributed by atoms with Crippen LogP contribution in [-0.4, -0.2) is 54.2 Å². The molecule has 0 saturated carbocycles. The Hall–Kier alpha value is -2.12. The van der Waals surface area contributed by atoms with Crippen molar-refractivity contribution in [2.24, 2.45) is 0 Å². The second kappa shape index (κ2) is 8.23. The van der Waals surface area contributed by atoms with Crippen molar-refractivity contribution < 1.29 is 9.53 Å². The molecular weight excluding hydrogens is 272 g/mol. The number of esters is 1. The molecule has 0 bridgehead atoms. The maximum Gasteiger partial charge on any atom is 0.328 e. The first kappa shape index (κ1) is 16.9. The lowest BCUT2D eigenvalue weighted by molar-refractivity contribution is -0.143. The highest BCUT2D eigenvalue weighted by molar-refractivity contribution is 5.78. The van der Waals surface area contributed by atoms with Gasteiger partial charge >= 0.3 is 5.97 Å². The van der Waals surface area contributed by atoms with E-state index in [2.05, 4.69) is 32.5 Å². The number of hydrogen-bond donors (Lipinski definition) is 2. The minimum absolute atomic E-state index is 0.340. The van der Waals surface area contributed by atoms with Crippen molar-refractivity contribution in [1.29, 1.82) is 0 Å². The molecule has 1 aromatic rings. The molecule has 0 aliphatic carbocycles. The molecule has 0 aliphatic heterocycles. The molecule has 0 fully saturated rings. The molecule has 2 N–H and O–H groups in total. The van der Waals surface area contributed by atoms with Crippen molar-refractivity contribution in [1.82, 2.24) is 15.0 Å². The molecule has 0 aliphatic rings. The van der Waals surface area contributed by atoms with E-state index in [0.717, 1.165) is 13.0 Å². The van der Waals surface area contributed by atoms with Gasteiger partial charge in [0.25, 0.3) is 0 Å². The van der Waals surface area contributed by atoms with Crippen molar-refractivity contribution in [2.45, 2.75) is 33.2 Å². The molecule has 8 nitrogen and oxygen atoms in total. The molecule has 0 spiro atoms. The van der Waals surface area contributed by atoms with Crippen LogP contribution in [0.5, 0.6) is 0 Å². The Morgan fingerprint density at radius 1 is 1.24 bits per heavy atom. The van der Waals surface area contributed by atoms with Gasteiger partial charge in [0.05, 0.1) is 6.61 Å². The molecule has 118 valence electrons. The summed E-state index contributed by atoms with van der Waals surface area (Å²) in [4.78, 5) is 26.2. The third-order valence-electron chi connectivity index (χ3n) is 2.54. The van der Waals surface area contributed by atoms with E-state index < -0.39 is 6.04 Å². The first-order valence-corrected chi connectivity index (χ1v) is 7.08. The number of anilines is 3. The standard InChI is InChI=1S/C13H24N6O2/c1-6-8-14-11-16-12(18-13(17-11)19(4)5)15-9(3)10(20)21-7-2/h9H,6-8H2,1-5H3,(H2,14,15,16,17,18). The quantitative estimate of drug-likeness (QED) is 0.690. The third kappa shape index (κ3) is 5.41. The lowest BCUT2D eigenvalue weighted by Crippen LogP contribution is -2.29. The highest BCUT2D eigenvalue weighted by Gasteiger charge is 2.16. The molecule has 0 aromatic carbocycles. The molecule has 21 heavy (non-hydrogen) atoms. The van der Waals surface area contributed by atoms with E-state index in [4.69, 9.17) is 4.74 Å². The van der Waals surface area contributed by atoms with Crippen LogP contribution < -0.4 is 15.5 Å². The summed E-state index contributed by atoms with van der Waals surface area (Å²) in [5, 5.41) is 6.05. The predicted molar refractivity (Wildman–Crippen MR) is 82.7 cm³/mol. The Bertz CT molecular complexity index is 466. The topological polar surface area (TPSA) is 92.3 Å². The number of nitrogens with one attached hydrogen (secondary N) is 2. The zero-order valence-corrected chi connectivity index (χ0v) is 13.3. The number of hydrogen-bond acceptors (Lipinski definition) is 8. The van der Waals surface area contributed by atoms with Crippen LogP contribution in [0.25, 0.3) is 0 Å². The largest absolute Gasteiger partial charge is 0.464 e. The summed E-state index contributed by atoms with van der Waals surface area (Å²) >= 11 is 0. The second-order valence-electron chi connectivity index (χ2n) is 4.72. The maximum atomic E-state index is 11.6. The molecule has 8 heteroatoms. The van der Waals surface area contributed by atoms with Gasteiger partial charge in [0.1, 0.15) is 6.04 Å². The molecule has 0 saturated heterocycles. The van der Waals surface area contributed by atoms with Crippen LogP contribution in [0.15, 0.2) is 0 Å². The molecule has 0 amide bonds. The van der Waals surface area contributed by atoms with Crippen LogP contribution in [0.1, 0.15) is 27.2 Å². The summed E-state index contributed by atoms with van der Waals surface area (Å²) in [6.07, 6.45) is 0.963. The summed E-state index contributed by atoms with van der Waals surface area (Å²) in [6, 6.07) is -0.526. The molecule has 1 atom stereocenters. The molecule has 1 heterocycles. The first-order chi connectivity index (χ1) is 9.97. The predicted octanol–water partition coefficient (Wildman–Crippen LogP) is 1.12. The van der Waals surface area contributed by atoms with Crippen LogP contribution in [-0.2, 0) is 9.53 Å². The minimum Gasteiger partial charge on any atom is -0.464 e. The first-order valence-electron chi connectivity index (χ1n) is 7.08. The number of ether oxygens (including phenoxy) is 1. The molecular formula is C13H24N6O2. The number of aromatic nitrogens is 3. The second-order valence-corrected chi connectivity index (χ2v) is 4.72. The van der Waals surface area contributed by atoms with E-state index in [1.807, 2.05) is 14.1 Å². The van der Waals surface area contributed by atoms with Crippen LogP contribution >= 0.6 is 0 Å². The van der Waals surface area contributed by atoms with Gasteiger partial charge in [-0.05, 0) is 20.3 Å². The summed E-state index contributed by atoms with van der Waals surface area (Å²) in [5.74, 6) is 0.997. The number of carbonyl (C=O) groups excluding carboxylic acids is 1. The lowest BCUT2D eigenvalue weighted by Gasteiger charge is -2.16. The van der Waals surface area contributed by atoms with Gasteiger partial charge in [-0.3, -0.25) is 0 Å². The molecule has 1 aromatic heterocycles.